The molecule has 0 saturated carbocycles. The summed E-state index contributed by atoms with van der Waals surface area (Å²) in [7, 11) is 0. The molecule has 0 spiro atoms. The zero-order chi connectivity index (χ0) is 14.9. The Bertz CT molecular complexity index is 640. The fourth-order valence-electron chi connectivity index (χ4n) is 3.45. The zero-order valence-corrected chi connectivity index (χ0v) is 13.8. The third-order valence-corrected chi connectivity index (χ3v) is 5.74. The largest absolute Gasteiger partial charge is 0.312 e. The van der Waals surface area contributed by atoms with Gasteiger partial charge in [-0.2, -0.15) is 0 Å². The van der Waals surface area contributed by atoms with Crippen molar-refractivity contribution in [3.05, 3.63) is 27.7 Å². The van der Waals surface area contributed by atoms with E-state index in [9.17, 15) is 0 Å². The van der Waals surface area contributed by atoms with Gasteiger partial charge in [-0.25, -0.2) is 4.98 Å². The van der Waals surface area contributed by atoms with E-state index in [4.69, 9.17) is 0 Å². The lowest BCUT2D eigenvalue weighted by Crippen LogP contribution is -2.34. The second kappa shape index (κ2) is 6.06. The highest BCUT2D eigenvalue weighted by molar-refractivity contribution is 7.09. The van der Waals surface area contributed by atoms with Gasteiger partial charge in [-0.1, -0.05) is 0 Å². The van der Waals surface area contributed by atoms with Crippen LogP contribution in [-0.4, -0.2) is 44.3 Å². The lowest BCUT2D eigenvalue weighted by molar-refractivity contribution is 0.200. The summed E-state index contributed by atoms with van der Waals surface area (Å²) in [6.07, 6.45) is 2.37. The van der Waals surface area contributed by atoms with Crippen molar-refractivity contribution >= 4 is 11.3 Å². The highest BCUT2D eigenvalue weighted by Crippen LogP contribution is 2.29. The van der Waals surface area contributed by atoms with E-state index in [0.29, 0.717) is 5.92 Å². The summed E-state index contributed by atoms with van der Waals surface area (Å²) in [4.78, 5) is 8.30. The molecule has 1 saturated heterocycles. The van der Waals surface area contributed by atoms with Gasteiger partial charge in [0.2, 0.25) is 0 Å². The van der Waals surface area contributed by atoms with Crippen molar-refractivity contribution in [3.8, 4) is 0 Å². The van der Waals surface area contributed by atoms with Crippen LogP contribution in [0.4, 0.5) is 0 Å². The van der Waals surface area contributed by atoms with Crippen molar-refractivity contribution in [1.29, 1.82) is 0 Å². The minimum Gasteiger partial charge on any atom is -0.312 e. The summed E-state index contributed by atoms with van der Waals surface area (Å²) in [5.41, 5.74) is 3.14. The molecule has 2 aliphatic rings. The standard InChI is InChI=1S/C15H22N6S/c1-11-13(22-10-17-11)9-20-5-2-12(3-6-20)15-19-18-14-8-16-4-7-21(14)15/h10,12,16H,2-9H2,1H3. The minimum absolute atomic E-state index is 0.568. The molecule has 0 atom stereocenters. The molecule has 0 bridgehead atoms. The molecule has 1 fully saturated rings. The molecule has 2 aliphatic heterocycles. The van der Waals surface area contributed by atoms with E-state index in [2.05, 4.69) is 36.9 Å². The van der Waals surface area contributed by atoms with Gasteiger partial charge in [-0.15, -0.1) is 21.5 Å². The predicted octanol–water partition coefficient (Wildman–Crippen LogP) is 1.53. The number of aryl methyl sites for hydroxylation is 1. The maximum absolute atomic E-state index is 4.48. The van der Waals surface area contributed by atoms with Crippen LogP contribution in [0.5, 0.6) is 0 Å². The van der Waals surface area contributed by atoms with Crippen LogP contribution in [0.1, 0.15) is 41.0 Å². The Morgan fingerprint density at radius 2 is 2.14 bits per heavy atom. The van der Waals surface area contributed by atoms with Gasteiger partial charge in [0.15, 0.2) is 0 Å². The number of nitrogens with one attached hydrogen (secondary N) is 1. The first-order chi connectivity index (χ1) is 10.8. The Labute approximate surface area is 134 Å². The average molecular weight is 318 g/mol. The summed E-state index contributed by atoms with van der Waals surface area (Å²) < 4.78 is 2.34. The second-order valence-electron chi connectivity index (χ2n) is 6.21. The van der Waals surface area contributed by atoms with E-state index in [-0.39, 0.29) is 0 Å². The molecule has 2 aromatic rings. The number of aromatic nitrogens is 4. The topological polar surface area (TPSA) is 58.9 Å². The molecule has 118 valence electrons. The van der Waals surface area contributed by atoms with Gasteiger partial charge in [-0.05, 0) is 32.9 Å². The van der Waals surface area contributed by atoms with Crippen LogP contribution < -0.4 is 5.32 Å². The average Bonchev–Trinajstić information content (AvgIpc) is 3.15. The minimum atomic E-state index is 0.568. The van der Waals surface area contributed by atoms with Crippen LogP contribution in [0, 0.1) is 6.92 Å². The Morgan fingerprint density at radius 3 is 2.91 bits per heavy atom. The summed E-state index contributed by atoms with van der Waals surface area (Å²) in [6.45, 7) is 8.33. The lowest BCUT2D eigenvalue weighted by atomic mass is 9.95. The van der Waals surface area contributed by atoms with Gasteiger partial charge in [0, 0.05) is 30.4 Å². The van der Waals surface area contributed by atoms with Gasteiger partial charge in [0.25, 0.3) is 0 Å². The Kier molecular flexibility index (Phi) is 3.94. The number of hydrogen-bond donors (Lipinski definition) is 1. The maximum Gasteiger partial charge on any atom is 0.147 e. The molecular weight excluding hydrogens is 296 g/mol. The van der Waals surface area contributed by atoms with E-state index in [1.165, 1.54) is 29.2 Å². The molecule has 2 aromatic heterocycles. The monoisotopic (exact) mass is 318 g/mol. The molecule has 22 heavy (non-hydrogen) atoms. The number of thiazole rings is 1. The molecule has 1 N–H and O–H groups in total. The number of hydrogen-bond acceptors (Lipinski definition) is 6. The second-order valence-corrected chi connectivity index (χ2v) is 7.15. The number of rotatable bonds is 3. The summed E-state index contributed by atoms with van der Waals surface area (Å²) in [5, 5.41) is 12.2. The molecule has 4 rings (SSSR count). The highest BCUT2D eigenvalue weighted by Gasteiger charge is 2.27. The third-order valence-electron chi connectivity index (χ3n) is 4.82. The molecular formula is C15H22N6S. The van der Waals surface area contributed by atoms with Crippen LogP contribution in [-0.2, 0) is 19.6 Å². The number of likely N-dealkylation sites (tertiary alicyclic amines) is 1. The van der Waals surface area contributed by atoms with Gasteiger partial charge in [0.05, 0.1) is 17.7 Å². The molecule has 0 amide bonds. The zero-order valence-electron chi connectivity index (χ0n) is 13.0. The quantitative estimate of drug-likeness (QED) is 0.930. The van der Waals surface area contributed by atoms with Crippen molar-refractivity contribution in [2.75, 3.05) is 19.6 Å². The summed E-state index contributed by atoms with van der Waals surface area (Å²) >= 11 is 1.77. The number of piperidine rings is 1. The Balaban J connectivity index is 1.40. The fraction of sp³-hybridized carbons (Fsp3) is 0.667. The predicted molar refractivity (Wildman–Crippen MR) is 85.8 cm³/mol. The SMILES string of the molecule is Cc1ncsc1CN1CCC(c2nnc3n2CCNC3)CC1. The van der Waals surface area contributed by atoms with Gasteiger partial charge in [-0.3, -0.25) is 4.90 Å². The summed E-state index contributed by atoms with van der Waals surface area (Å²) in [6, 6.07) is 0. The summed E-state index contributed by atoms with van der Waals surface area (Å²) in [5.74, 6) is 2.88. The van der Waals surface area contributed by atoms with E-state index in [1.807, 2.05) is 5.51 Å². The molecule has 0 unspecified atom stereocenters. The van der Waals surface area contributed by atoms with Crippen molar-refractivity contribution in [3.63, 3.8) is 0 Å². The van der Waals surface area contributed by atoms with E-state index >= 15 is 0 Å². The van der Waals surface area contributed by atoms with Crippen molar-refractivity contribution in [1.82, 2.24) is 30.0 Å². The molecule has 0 aromatic carbocycles. The van der Waals surface area contributed by atoms with E-state index in [1.54, 1.807) is 11.3 Å². The van der Waals surface area contributed by atoms with Crippen LogP contribution in [0.2, 0.25) is 0 Å². The van der Waals surface area contributed by atoms with Crippen molar-refractivity contribution < 1.29 is 0 Å². The van der Waals surface area contributed by atoms with Crippen LogP contribution in [0.3, 0.4) is 0 Å². The molecule has 0 aliphatic carbocycles. The van der Waals surface area contributed by atoms with Gasteiger partial charge in [0.1, 0.15) is 11.6 Å². The Hall–Kier alpha value is -1.31. The molecule has 0 radical (unpaired) electrons. The first-order valence-corrected chi connectivity index (χ1v) is 8.93. The third kappa shape index (κ3) is 2.68. The molecule has 6 nitrogen and oxygen atoms in total. The first-order valence-electron chi connectivity index (χ1n) is 8.05. The van der Waals surface area contributed by atoms with Crippen molar-refractivity contribution in [2.24, 2.45) is 0 Å². The van der Waals surface area contributed by atoms with E-state index in [0.717, 1.165) is 45.1 Å². The van der Waals surface area contributed by atoms with E-state index < -0.39 is 0 Å². The first kappa shape index (κ1) is 14.3. The van der Waals surface area contributed by atoms with Crippen LogP contribution in [0.15, 0.2) is 5.51 Å². The maximum atomic E-state index is 4.48. The molecule has 7 heteroatoms. The smallest absolute Gasteiger partial charge is 0.147 e. The van der Waals surface area contributed by atoms with Gasteiger partial charge < -0.3 is 9.88 Å². The van der Waals surface area contributed by atoms with Crippen LogP contribution >= 0.6 is 11.3 Å². The highest BCUT2D eigenvalue weighted by atomic mass is 32.1. The van der Waals surface area contributed by atoms with Crippen LogP contribution in [0.25, 0.3) is 0 Å². The number of fused-ring (bicyclic) bond motifs is 1. The van der Waals surface area contributed by atoms with Gasteiger partial charge >= 0.3 is 0 Å². The van der Waals surface area contributed by atoms with Crippen molar-refractivity contribution in [2.45, 2.75) is 45.3 Å². The number of nitrogens with zero attached hydrogens (tertiary/aromatic N) is 5. The normalized spacial score (nSPS) is 20.2. The Morgan fingerprint density at radius 1 is 1.27 bits per heavy atom. The molecule has 4 heterocycles. The lowest BCUT2D eigenvalue weighted by Gasteiger charge is -2.31. The fourth-order valence-corrected chi connectivity index (χ4v) is 4.27.